The summed E-state index contributed by atoms with van der Waals surface area (Å²) in [6.07, 6.45) is -6.50. The maximum atomic E-state index is 14.7. The lowest BCUT2D eigenvalue weighted by Gasteiger charge is -2.44. The number of halogens is 1. The Balaban J connectivity index is 2.21. The minimum atomic E-state index is -1.72. The summed E-state index contributed by atoms with van der Waals surface area (Å²) in [6.45, 7) is -4.08. The van der Waals surface area contributed by atoms with Gasteiger partial charge in [-0.15, -0.1) is 0 Å². The van der Waals surface area contributed by atoms with Crippen LogP contribution in [-0.4, -0.2) is 65.8 Å². The number of carbonyl (C=O) groups is 5. The van der Waals surface area contributed by atoms with Crippen LogP contribution in [0.25, 0.3) is 10.9 Å². The van der Waals surface area contributed by atoms with Gasteiger partial charge < -0.3 is 28.3 Å². The Hall–Kier alpha value is -3.80. The molecule has 2 aromatic rings. The molecule has 0 radical (unpaired) electrons. The molecule has 35 heavy (non-hydrogen) atoms. The Bertz CT molecular complexity index is 1240. The first-order valence-electron chi connectivity index (χ1n) is 12.8. The van der Waals surface area contributed by atoms with E-state index < -0.39 is 94.5 Å². The molecule has 188 valence electrons. The third kappa shape index (κ3) is 5.65. The van der Waals surface area contributed by atoms with Crippen LogP contribution in [0.15, 0.2) is 24.4 Å². The van der Waals surface area contributed by atoms with Crippen LogP contribution in [0.5, 0.6) is 0 Å². The monoisotopic (exact) mass is 497 g/mol. The van der Waals surface area contributed by atoms with Crippen molar-refractivity contribution in [1.29, 1.82) is 0 Å². The number of ether oxygens (including phenoxy) is 5. The molecule has 1 aliphatic rings. The quantitative estimate of drug-likeness (QED) is 0.317. The largest absolute Gasteiger partial charge is 0.463 e. The Morgan fingerprint density at radius 2 is 1.63 bits per heavy atom. The highest BCUT2D eigenvalue weighted by molar-refractivity contribution is 5.98. The lowest BCUT2D eigenvalue weighted by atomic mass is 9.97. The zero-order chi connectivity index (χ0) is 28.7. The maximum absolute atomic E-state index is 14.7. The van der Waals surface area contributed by atoms with Gasteiger partial charge in [0.05, 0.1) is 5.52 Å². The molecule has 1 saturated heterocycles. The molecule has 12 heteroatoms. The van der Waals surface area contributed by atoms with Gasteiger partial charge in [0.2, 0.25) is 0 Å². The van der Waals surface area contributed by atoms with E-state index in [0.29, 0.717) is 6.29 Å². The van der Waals surface area contributed by atoms with Crippen LogP contribution < -0.4 is 0 Å². The van der Waals surface area contributed by atoms with E-state index in [2.05, 4.69) is 0 Å². The van der Waals surface area contributed by atoms with E-state index >= 15 is 0 Å². The molecule has 1 aliphatic heterocycles. The predicted octanol–water partition coefficient (Wildman–Crippen LogP) is 1.85. The summed E-state index contributed by atoms with van der Waals surface area (Å²) in [5.41, 5.74) is -0.0278. The molecule has 1 aromatic heterocycles. The number of hydrogen-bond acceptors (Lipinski definition) is 10. The van der Waals surface area contributed by atoms with Crippen LogP contribution in [-0.2, 0) is 42.9 Å². The topological polar surface area (TPSA) is 136 Å². The molecule has 1 fully saturated rings. The first-order valence-corrected chi connectivity index (χ1v) is 9.99. The van der Waals surface area contributed by atoms with E-state index in [1.54, 1.807) is 0 Å². The number of fused-ring (bicyclic) bond motifs is 1. The molecule has 0 amide bonds. The van der Waals surface area contributed by atoms with E-state index in [1.165, 1.54) is 22.9 Å². The number of aromatic nitrogens is 1. The predicted molar refractivity (Wildman–Crippen MR) is 114 cm³/mol. The Labute approximate surface area is 204 Å². The summed E-state index contributed by atoms with van der Waals surface area (Å²) in [5.74, 6) is -5.13. The normalized spacial score (nSPS) is 25.3. The summed E-state index contributed by atoms with van der Waals surface area (Å²) in [7, 11) is 0. The van der Waals surface area contributed by atoms with Crippen molar-refractivity contribution in [3.63, 3.8) is 0 Å². The molecule has 5 atom stereocenters. The Kier molecular flexibility index (Phi) is 6.25. The fraction of sp³-hybridized carbons (Fsp3) is 0.435. The lowest BCUT2D eigenvalue weighted by Crippen LogP contribution is -2.60. The van der Waals surface area contributed by atoms with Crippen LogP contribution in [0.4, 0.5) is 4.39 Å². The third-order valence-corrected chi connectivity index (χ3v) is 5.06. The molecule has 11 nitrogen and oxygen atoms in total. The minimum absolute atomic E-state index is 0.0862. The summed E-state index contributed by atoms with van der Waals surface area (Å²) in [5, 5.41) is -0.110. The van der Waals surface area contributed by atoms with Crippen molar-refractivity contribution < 1.29 is 57.5 Å². The highest BCUT2D eigenvalue weighted by Gasteiger charge is 2.53. The molecule has 0 spiro atoms. The fourth-order valence-electron chi connectivity index (χ4n) is 3.88. The zero-order valence-electron chi connectivity index (χ0n) is 22.2. The van der Waals surface area contributed by atoms with E-state index in [1.807, 2.05) is 0 Å². The van der Waals surface area contributed by atoms with Crippen molar-refractivity contribution in [2.24, 2.45) is 0 Å². The molecule has 2 heterocycles. The molecule has 0 N–H and O–H groups in total. The van der Waals surface area contributed by atoms with Gasteiger partial charge in [-0.25, -0.2) is 4.39 Å². The van der Waals surface area contributed by atoms with Gasteiger partial charge in [-0.1, -0.05) is 6.07 Å². The average Bonchev–Trinajstić information content (AvgIpc) is 3.33. The molecular formula is C23H24FNO10. The molecule has 0 aliphatic carbocycles. The molecule has 0 saturated carbocycles. The minimum Gasteiger partial charge on any atom is -0.463 e. The number of aldehydes is 1. The number of esters is 4. The lowest BCUT2D eigenvalue weighted by molar-refractivity contribution is -0.267. The van der Waals surface area contributed by atoms with Gasteiger partial charge >= 0.3 is 23.9 Å². The van der Waals surface area contributed by atoms with Crippen LogP contribution in [0.1, 0.15) is 49.7 Å². The van der Waals surface area contributed by atoms with Crippen molar-refractivity contribution in [2.75, 3.05) is 6.61 Å². The Morgan fingerprint density at radius 1 is 1.00 bits per heavy atom. The Morgan fingerprint density at radius 3 is 2.26 bits per heavy atom. The van der Waals surface area contributed by atoms with Crippen LogP contribution in [0.2, 0.25) is 0 Å². The highest BCUT2D eigenvalue weighted by atomic mass is 19.1. The van der Waals surface area contributed by atoms with Gasteiger partial charge in [0.15, 0.2) is 30.8 Å². The second kappa shape index (κ2) is 10.6. The average molecular weight is 497 g/mol. The van der Waals surface area contributed by atoms with Gasteiger partial charge in [0.1, 0.15) is 18.5 Å². The summed E-state index contributed by atoms with van der Waals surface area (Å²) < 4.78 is 71.9. The van der Waals surface area contributed by atoms with Gasteiger partial charge in [-0.05, 0) is 12.1 Å². The smallest absolute Gasteiger partial charge is 0.303 e. The number of benzene rings is 1. The molecular weight excluding hydrogens is 469 g/mol. The number of hydrogen-bond donors (Lipinski definition) is 0. The fourth-order valence-corrected chi connectivity index (χ4v) is 3.88. The molecule has 1 unspecified atom stereocenters. The second-order valence-electron chi connectivity index (χ2n) is 7.36. The van der Waals surface area contributed by atoms with E-state index in [0.717, 1.165) is 6.07 Å². The zero-order valence-corrected chi connectivity index (χ0v) is 18.2. The van der Waals surface area contributed by atoms with Gasteiger partial charge in [0.25, 0.3) is 0 Å². The summed E-state index contributed by atoms with van der Waals surface area (Å²) in [4.78, 5) is 60.0. The first kappa shape index (κ1) is 20.6. The van der Waals surface area contributed by atoms with E-state index in [9.17, 15) is 28.4 Å². The van der Waals surface area contributed by atoms with Crippen molar-refractivity contribution in [1.82, 2.24) is 4.57 Å². The van der Waals surface area contributed by atoms with Crippen molar-refractivity contribution in [2.45, 2.75) is 58.2 Å². The van der Waals surface area contributed by atoms with Crippen LogP contribution >= 0.6 is 0 Å². The summed E-state index contributed by atoms with van der Waals surface area (Å²) >= 11 is 0. The molecule has 3 rings (SSSR count). The third-order valence-electron chi connectivity index (χ3n) is 5.06. The number of rotatable bonds is 7. The van der Waals surface area contributed by atoms with Crippen molar-refractivity contribution in [3.05, 3.63) is 35.8 Å². The summed E-state index contributed by atoms with van der Waals surface area (Å²) in [6, 6.07) is 3.86. The first-order chi connectivity index (χ1) is 18.7. The second-order valence-corrected chi connectivity index (χ2v) is 7.36. The number of nitrogens with zero attached hydrogens (tertiary/aromatic N) is 1. The van der Waals surface area contributed by atoms with Gasteiger partial charge in [-0.2, -0.15) is 0 Å². The highest BCUT2D eigenvalue weighted by Crippen LogP contribution is 2.37. The van der Waals surface area contributed by atoms with Crippen molar-refractivity contribution in [3.8, 4) is 0 Å². The van der Waals surface area contributed by atoms with E-state index in [4.69, 9.17) is 29.2 Å². The van der Waals surface area contributed by atoms with Crippen molar-refractivity contribution >= 4 is 41.1 Å². The van der Waals surface area contributed by atoms with Crippen LogP contribution in [0, 0.1) is 5.82 Å². The van der Waals surface area contributed by atoms with Gasteiger partial charge in [0, 0.05) is 50.2 Å². The van der Waals surface area contributed by atoms with Gasteiger partial charge in [-0.3, -0.25) is 24.0 Å². The maximum Gasteiger partial charge on any atom is 0.303 e. The van der Waals surface area contributed by atoms with Crippen LogP contribution in [0.3, 0.4) is 0 Å². The standard InChI is InChI=1S/C23H24FNO10/c1-11(27)31-10-18-20(32-12(2)28)21(33-13(3)29)22(34-14(4)30)23(35-18)25-8-15(9-26)19-16(24)6-5-7-17(19)25/h5-9,18,20-23H,10H2,1-4H3/t18-,20-,21+,22-,23?/m1/s1/i1D,2D,3D,4D. The number of carbonyl (C=O) groups excluding carboxylic acids is 5. The molecule has 0 bridgehead atoms. The SMILES string of the molecule is [2H]CC(=O)OC[C@H]1OC(n2cc(C=O)c3c(F)cccc32)[C@H](OC(=O)C[2H])[C@@H](OC(=O)C[2H])[C@@H]1OC(=O)C[2H]. The van der Waals surface area contributed by atoms with E-state index in [-0.39, 0.29) is 16.5 Å². The molecule has 1 aromatic carbocycles.